The summed E-state index contributed by atoms with van der Waals surface area (Å²) in [6.07, 6.45) is 2.65. The Kier molecular flexibility index (Phi) is 7.50. The quantitative estimate of drug-likeness (QED) is 0.297. The lowest BCUT2D eigenvalue weighted by molar-refractivity contribution is -0.122. The smallest absolute Gasteiger partial charge is 0.266 e. The second kappa shape index (κ2) is 10.5. The number of rotatable bonds is 6. The largest absolute Gasteiger partial charge is 0.494 e. The van der Waals surface area contributed by atoms with E-state index in [0.717, 1.165) is 26.6 Å². The Morgan fingerprint density at radius 3 is 2.25 bits per heavy atom. The number of thioether (sulfide) groups is 1. The summed E-state index contributed by atoms with van der Waals surface area (Å²) in [5.41, 5.74) is 2.90. The fraction of sp³-hybridized carbons (Fsp3) is 0.120. The van der Waals surface area contributed by atoms with Gasteiger partial charge in [-0.1, -0.05) is 48.5 Å². The molecule has 1 aliphatic heterocycles. The summed E-state index contributed by atoms with van der Waals surface area (Å²) in [6.45, 7) is 0.564. The monoisotopic (exact) mass is 570 g/mol. The third kappa shape index (κ3) is 5.34. The second-order valence-corrected chi connectivity index (χ2v) is 9.77. The van der Waals surface area contributed by atoms with Crippen molar-refractivity contribution in [3.8, 4) is 5.75 Å². The van der Waals surface area contributed by atoms with Crippen LogP contribution in [0, 0.1) is 0 Å². The molecular formula is C25H20Br2N2O2S. The number of amidine groups is 1. The summed E-state index contributed by atoms with van der Waals surface area (Å²) in [5, 5.41) is 0.690. The van der Waals surface area contributed by atoms with Crippen molar-refractivity contribution in [2.24, 2.45) is 4.99 Å². The van der Waals surface area contributed by atoms with E-state index in [1.165, 1.54) is 17.3 Å². The van der Waals surface area contributed by atoms with Gasteiger partial charge in [0, 0.05) is 6.54 Å². The Morgan fingerprint density at radius 1 is 1.00 bits per heavy atom. The molecule has 4 nitrogen and oxygen atoms in total. The van der Waals surface area contributed by atoms with E-state index >= 15 is 0 Å². The molecule has 7 heteroatoms. The van der Waals surface area contributed by atoms with Crippen LogP contribution in [-0.4, -0.2) is 29.6 Å². The van der Waals surface area contributed by atoms with Crippen LogP contribution in [0.15, 0.2) is 91.6 Å². The molecule has 0 radical (unpaired) electrons. The molecule has 32 heavy (non-hydrogen) atoms. The molecule has 1 amide bonds. The van der Waals surface area contributed by atoms with E-state index in [9.17, 15) is 4.79 Å². The minimum atomic E-state index is -0.0383. The van der Waals surface area contributed by atoms with Gasteiger partial charge in [0.15, 0.2) is 5.17 Å². The van der Waals surface area contributed by atoms with Crippen LogP contribution in [0.25, 0.3) is 6.08 Å². The minimum absolute atomic E-state index is 0.0383. The summed E-state index contributed by atoms with van der Waals surface area (Å²) < 4.78 is 7.01. The van der Waals surface area contributed by atoms with Crippen molar-refractivity contribution in [2.45, 2.75) is 6.42 Å². The van der Waals surface area contributed by atoms with Crippen LogP contribution in [0.3, 0.4) is 0 Å². The van der Waals surface area contributed by atoms with Crippen molar-refractivity contribution in [1.82, 2.24) is 4.90 Å². The fourth-order valence-electron chi connectivity index (χ4n) is 3.30. The average molecular weight is 572 g/mol. The molecule has 1 aliphatic rings. The Bertz CT molecular complexity index is 1160. The second-order valence-electron chi connectivity index (χ2n) is 7.05. The maximum atomic E-state index is 13.3. The molecule has 0 bridgehead atoms. The first-order chi connectivity index (χ1) is 15.5. The van der Waals surface area contributed by atoms with E-state index < -0.39 is 0 Å². The third-order valence-corrected chi connectivity index (χ3v) is 7.04. The Morgan fingerprint density at radius 2 is 1.62 bits per heavy atom. The molecule has 3 aromatic carbocycles. The van der Waals surface area contributed by atoms with Crippen LogP contribution >= 0.6 is 43.6 Å². The van der Waals surface area contributed by atoms with Crippen molar-refractivity contribution in [1.29, 1.82) is 0 Å². The van der Waals surface area contributed by atoms with E-state index in [-0.39, 0.29) is 5.91 Å². The first-order valence-electron chi connectivity index (χ1n) is 9.97. The summed E-state index contributed by atoms with van der Waals surface area (Å²) in [7, 11) is 1.62. The van der Waals surface area contributed by atoms with Crippen LogP contribution in [0.1, 0.15) is 11.1 Å². The summed E-state index contributed by atoms with van der Waals surface area (Å²) >= 11 is 8.46. The Hall–Kier alpha value is -2.35. The molecule has 162 valence electrons. The minimum Gasteiger partial charge on any atom is -0.494 e. The first-order valence-corrected chi connectivity index (χ1v) is 12.4. The van der Waals surface area contributed by atoms with Gasteiger partial charge in [0.1, 0.15) is 5.75 Å². The zero-order valence-corrected chi connectivity index (χ0v) is 21.3. The first kappa shape index (κ1) is 22.8. The van der Waals surface area contributed by atoms with Crippen molar-refractivity contribution < 1.29 is 9.53 Å². The maximum absolute atomic E-state index is 13.3. The summed E-state index contributed by atoms with van der Waals surface area (Å²) in [6, 6.07) is 23.8. The van der Waals surface area contributed by atoms with E-state index in [2.05, 4.69) is 44.0 Å². The number of hydrogen-bond acceptors (Lipinski definition) is 4. The molecule has 0 unspecified atom stereocenters. The van der Waals surface area contributed by atoms with Gasteiger partial charge in [-0.3, -0.25) is 9.69 Å². The lowest BCUT2D eigenvalue weighted by atomic mass is 10.1. The van der Waals surface area contributed by atoms with E-state index in [1.807, 2.05) is 66.7 Å². The molecule has 1 fully saturated rings. The van der Waals surface area contributed by atoms with Crippen molar-refractivity contribution in [3.63, 3.8) is 0 Å². The number of ether oxygens (including phenoxy) is 1. The van der Waals surface area contributed by atoms with Crippen molar-refractivity contribution in [3.05, 3.63) is 97.8 Å². The molecular weight excluding hydrogens is 552 g/mol. The van der Waals surface area contributed by atoms with E-state index in [0.29, 0.717) is 22.4 Å². The molecule has 0 N–H and O–H groups in total. The third-order valence-electron chi connectivity index (χ3n) is 4.86. The predicted octanol–water partition coefficient (Wildman–Crippen LogP) is 7.07. The van der Waals surface area contributed by atoms with Crippen molar-refractivity contribution >= 4 is 66.5 Å². The van der Waals surface area contributed by atoms with Gasteiger partial charge in [-0.25, -0.2) is 4.99 Å². The Labute approximate surface area is 208 Å². The number of aliphatic imine (C=N–C) groups is 1. The van der Waals surface area contributed by atoms with Gasteiger partial charge in [0.25, 0.3) is 5.91 Å². The molecule has 0 spiro atoms. The van der Waals surface area contributed by atoms with Crippen LogP contribution < -0.4 is 4.74 Å². The molecule has 1 heterocycles. The van der Waals surface area contributed by atoms with Gasteiger partial charge in [-0.15, -0.1) is 0 Å². The summed E-state index contributed by atoms with van der Waals surface area (Å²) in [5.74, 6) is 0.678. The highest BCUT2D eigenvalue weighted by Gasteiger charge is 2.33. The molecule has 0 saturated carbocycles. The zero-order valence-electron chi connectivity index (χ0n) is 17.3. The fourth-order valence-corrected chi connectivity index (χ4v) is 5.87. The normalized spacial score (nSPS) is 16.2. The lowest BCUT2D eigenvalue weighted by Gasteiger charge is -2.15. The van der Waals surface area contributed by atoms with Gasteiger partial charge < -0.3 is 4.74 Å². The highest BCUT2D eigenvalue weighted by molar-refractivity contribution is 9.11. The van der Waals surface area contributed by atoms with Crippen LogP contribution in [-0.2, 0) is 11.2 Å². The van der Waals surface area contributed by atoms with E-state index in [4.69, 9.17) is 9.73 Å². The molecule has 3 aromatic rings. The Balaban J connectivity index is 1.65. The summed E-state index contributed by atoms with van der Waals surface area (Å²) in [4.78, 5) is 20.5. The number of benzene rings is 3. The number of nitrogens with zero attached hydrogens (tertiary/aromatic N) is 2. The number of methoxy groups -OCH3 is 1. The number of halogens is 2. The highest BCUT2D eigenvalue weighted by atomic mass is 79.9. The molecule has 0 aromatic heterocycles. The van der Waals surface area contributed by atoms with Crippen LogP contribution in [0.5, 0.6) is 5.75 Å². The SMILES string of the molecule is COc1c(Br)cc(/C=C2/SC(=Nc3ccccc3)N(CCc3ccccc3)C2=O)cc1Br. The van der Waals surface area contributed by atoms with Crippen LogP contribution in [0.2, 0.25) is 0 Å². The molecule has 4 rings (SSSR count). The number of amides is 1. The maximum Gasteiger partial charge on any atom is 0.266 e. The standard InChI is InChI=1S/C25H20Br2N2O2S/c1-31-23-20(26)14-18(15-21(23)27)16-22-24(30)29(13-12-17-8-4-2-5-9-17)25(32-22)28-19-10-6-3-7-11-19/h2-11,14-16H,12-13H2,1H3/b22-16+,28-25?. The average Bonchev–Trinajstić information content (AvgIpc) is 3.07. The van der Waals surface area contributed by atoms with Gasteiger partial charge in [-0.05, 0) is 91.5 Å². The topological polar surface area (TPSA) is 41.9 Å². The predicted molar refractivity (Wildman–Crippen MR) is 139 cm³/mol. The molecule has 0 aliphatic carbocycles. The van der Waals surface area contributed by atoms with Gasteiger partial charge >= 0.3 is 0 Å². The zero-order chi connectivity index (χ0) is 22.5. The molecule has 0 atom stereocenters. The van der Waals surface area contributed by atoms with Crippen molar-refractivity contribution in [2.75, 3.05) is 13.7 Å². The number of carbonyl (C=O) groups is 1. The van der Waals surface area contributed by atoms with Crippen LogP contribution in [0.4, 0.5) is 5.69 Å². The van der Waals surface area contributed by atoms with E-state index in [1.54, 1.807) is 12.0 Å². The van der Waals surface area contributed by atoms with Gasteiger partial charge in [0.2, 0.25) is 0 Å². The number of carbonyl (C=O) groups excluding carboxylic acids is 1. The molecule has 1 saturated heterocycles. The van der Waals surface area contributed by atoms with Gasteiger partial charge in [-0.2, -0.15) is 0 Å². The number of hydrogen-bond donors (Lipinski definition) is 0. The highest BCUT2D eigenvalue weighted by Crippen LogP contribution is 2.38. The number of para-hydroxylation sites is 1. The lowest BCUT2D eigenvalue weighted by Crippen LogP contribution is -2.31. The van der Waals surface area contributed by atoms with Gasteiger partial charge in [0.05, 0.1) is 26.6 Å².